The second-order valence-corrected chi connectivity index (χ2v) is 11.2. The molecule has 0 amide bonds. The zero-order chi connectivity index (χ0) is 32.5. The topological polar surface area (TPSA) is 189 Å². The molecule has 4 heterocycles. The number of carboxylic acid groups (broad SMARTS) is 3. The molecular formula is C34H35CuN4Na3O6. The number of aliphatic carboxylic acids is 2. The third-order valence-corrected chi connectivity index (χ3v) is 8.59. The number of rotatable bonds is 8. The first-order chi connectivity index (χ1) is 20.8. The molecule has 2 atom stereocenters. The molecule has 48 heavy (non-hydrogen) atoms. The van der Waals surface area contributed by atoms with Gasteiger partial charge in [-0.1, -0.05) is 26.5 Å². The number of aromatic carboxylic acids is 1. The van der Waals surface area contributed by atoms with Gasteiger partial charge in [0.05, 0.1) is 11.3 Å². The van der Waals surface area contributed by atoms with E-state index < -0.39 is 30.2 Å². The number of hydrogen-bond donors (Lipinski definition) is 3. The standard InChI is InChI=1S/C34H38N4O6.Cu.3Na/c1-7-21-17(4)27-15-30-22(8-2)18(5)26(37-30)14-28-19(6)23(9-10-31(39)40)33(38-28)20(12-32(41)42)11-24(34(43)44)16(3)25(35)13-29(21)36-27;;;;/h8,11,13-15,19,23,35-37H,2,7,9-10,12H2,1,3-6H3,(H,39,40)(H,41,42)(H,43,44);;;;/q;;3*+1/p-3/t19-,23-;;;;/m0..../s1. The second-order valence-electron chi connectivity index (χ2n) is 11.2. The maximum Gasteiger partial charge on any atom is 1.00 e. The van der Waals surface area contributed by atoms with E-state index in [0.29, 0.717) is 17.6 Å². The molecule has 0 saturated heterocycles. The Morgan fingerprint density at radius 1 is 0.896 bits per heavy atom. The summed E-state index contributed by atoms with van der Waals surface area (Å²) in [6.07, 6.45) is 1.51. The van der Waals surface area contributed by atoms with Gasteiger partial charge in [-0.3, -0.25) is 4.98 Å². The van der Waals surface area contributed by atoms with Crippen molar-refractivity contribution in [2.24, 2.45) is 0 Å². The van der Waals surface area contributed by atoms with Crippen molar-refractivity contribution in [3.8, 4) is 0 Å². The van der Waals surface area contributed by atoms with Gasteiger partial charge in [-0.05, 0) is 92.1 Å². The van der Waals surface area contributed by atoms with Crippen LogP contribution in [0.2, 0.25) is 0 Å². The minimum atomic E-state index is -1.60. The molecule has 0 spiro atoms. The molecule has 6 bridgehead atoms. The zero-order valence-electron chi connectivity index (χ0n) is 28.8. The summed E-state index contributed by atoms with van der Waals surface area (Å²) >= 11 is 0. The number of H-pyrrole nitrogens is 2. The van der Waals surface area contributed by atoms with E-state index in [2.05, 4.69) is 16.5 Å². The molecule has 1 aliphatic heterocycles. The van der Waals surface area contributed by atoms with E-state index in [1.165, 1.54) is 6.92 Å². The molecule has 0 aromatic carbocycles. The molecule has 241 valence electrons. The van der Waals surface area contributed by atoms with Crippen molar-refractivity contribution in [2.45, 2.75) is 72.1 Å². The van der Waals surface area contributed by atoms with Crippen LogP contribution < -0.4 is 109 Å². The van der Waals surface area contributed by atoms with Crippen LogP contribution in [0.15, 0.2) is 30.8 Å². The van der Waals surface area contributed by atoms with Crippen LogP contribution in [0.1, 0.15) is 93.7 Å². The fourth-order valence-corrected chi connectivity index (χ4v) is 6.03. The van der Waals surface area contributed by atoms with Gasteiger partial charge in [-0.15, -0.1) is 0 Å². The molecule has 3 aromatic rings. The molecule has 10 nitrogen and oxygen atoms in total. The van der Waals surface area contributed by atoms with Crippen molar-refractivity contribution in [2.75, 3.05) is 0 Å². The predicted molar refractivity (Wildman–Crippen MR) is 161 cm³/mol. The van der Waals surface area contributed by atoms with Gasteiger partial charge < -0.3 is 45.1 Å². The SMILES string of the molecule is C=Cc1c(C)c2cc3nc(c(CC(=O)[O-])cc(C(=O)[O-])c(C)c(=N)cc4[nH]c(cc1[nH]2)c(C)c4CC)[C@@H](CCC(=O)[O-])[C@@H]3C.[Cu].[Na+].[Na+].[Na+]. The smallest absolute Gasteiger partial charge is 0.550 e. The van der Waals surface area contributed by atoms with Gasteiger partial charge in [-0.25, -0.2) is 0 Å². The van der Waals surface area contributed by atoms with Crippen molar-refractivity contribution < 1.29 is 135 Å². The molecule has 14 heteroatoms. The first kappa shape index (κ1) is 46.5. The number of nitrogens with zero attached hydrogens (tertiary/aromatic N) is 1. The molecule has 0 aliphatic carbocycles. The fourth-order valence-electron chi connectivity index (χ4n) is 6.03. The van der Waals surface area contributed by atoms with Gasteiger partial charge in [0.15, 0.2) is 0 Å². The van der Waals surface area contributed by atoms with Crippen LogP contribution in [0.25, 0.3) is 28.1 Å². The van der Waals surface area contributed by atoms with Gasteiger partial charge in [0.2, 0.25) is 0 Å². The molecule has 1 aliphatic rings. The van der Waals surface area contributed by atoms with Gasteiger partial charge in [0, 0.05) is 91.8 Å². The van der Waals surface area contributed by atoms with Gasteiger partial charge in [0.25, 0.3) is 0 Å². The number of aryl methyl sites for hydroxylation is 3. The largest absolute Gasteiger partial charge is 1.00 e. The Hall–Kier alpha value is -1.47. The Morgan fingerprint density at radius 2 is 1.50 bits per heavy atom. The van der Waals surface area contributed by atoms with Crippen LogP contribution in [0.3, 0.4) is 0 Å². The summed E-state index contributed by atoms with van der Waals surface area (Å²) in [7, 11) is 0. The van der Waals surface area contributed by atoms with Crippen molar-refractivity contribution >= 4 is 46.1 Å². The first-order valence-electron chi connectivity index (χ1n) is 14.4. The molecule has 0 fully saturated rings. The summed E-state index contributed by atoms with van der Waals surface area (Å²) in [6, 6.07) is 6.51. The van der Waals surface area contributed by atoms with Crippen molar-refractivity contribution in [3.05, 3.63) is 86.5 Å². The summed E-state index contributed by atoms with van der Waals surface area (Å²) in [6.45, 7) is 13.2. The molecule has 4 rings (SSSR count). The Labute approximate surface area is 356 Å². The van der Waals surface area contributed by atoms with Crippen LogP contribution in [0, 0.1) is 26.2 Å². The van der Waals surface area contributed by atoms with E-state index in [1.54, 1.807) is 12.1 Å². The quantitative estimate of drug-likeness (QED) is 0.192. The summed E-state index contributed by atoms with van der Waals surface area (Å²) in [4.78, 5) is 47.3. The van der Waals surface area contributed by atoms with E-state index in [9.17, 15) is 29.7 Å². The number of carbonyl (C=O) groups excluding carboxylic acids is 3. The molecule has 3 N–H and O–H groups in total. The Balaban J connectivity index is 0.00000552. The Morgan fingerprint density at radius 3 is 2.04 bits per heavy atom. The average Bonchev–Trinajstić information content (AvgIpc) is 3.53. The summed E-state index contributed by atoms with van der Waals surface area (Å²) < 4.78 is 0. The van der Waals surface area contributed by atoms with E-state index >= 15 is 0 Å². The van der Waals surface area contributed by atoms with Crippen LogP contribution in [-0.2, 0) is 39.5 Å². The van der Waals surface area contributed by atoms with Crippen molar-refractivity contribution in [1.82, 2.24) is 15.0 Å². The molecule has 0 saturated carbocycles. The van der Waals surface area contributed by atoms with Crippen molar-refractivity contribution in [3.63, 3.8) is 0 Å². The number of fused-ring (bicyclic) bond motifs is 6. The maximum atomic E-state index is 12.4. The monoisotopic (exact) mass is 727 g/mol. The minimum absolute atomic E-state index is 0. The second kappa shape index (κ2) is 19.8. The molecular weight excluding hydrogens is 693 g/mol. The summed E-state index contributed by atoms with van der Waals surface area (Å²) in [5.41, 5.74) is 7.21. The molecule has 0 unspecified atom stereocenters. The summed E-state index contributed by atoms with van der Waals surface area (Å²) in [5, 5.41) is 44.4. The number of nitrogens with one attached hydrogen (secondary N) is 3. The van der Waals surface area contributed by atoms with E-state index in [1.807, 2.05) is 39.8 Å². The Kier molecular flexibility index (Phi) is 19.2. The minimum Gasteiger partial charge on any atom is -0.550 e. The van der Waals surface area contributed by atoms with Crippen LogP contribution in [0.4, 0.5) is 0 Å². The summed E-state index contributed by atoms with van der Waals surface area (Å²) in [5.74, 6) is -5.23. The van der Waals surface area contributed by atoms with Crippen molar-refractivity contribution in [1.29, 1.82) is 5.41 Å². The van der Waals surface area contributed by atoms with Crippen LogP contribution >= 0.6 is 0 Å². The zero-order valence-corrected chi connectivity index (χ0v) is 35.7. The maximum absolute atomic E-state index is 12.4. The Bertz CT molecular complexity index is 1940. The normalized spacial score (nSPS) is 13.9. The van der Waals surface area contributed by atoms with E-state index in [4.69, 9.17) is 10.4 Å². The van der Waals surface area contributed by atoms with E-state index in [-0.39, 0.29) is 152 Å². The number of carboxylic acids is 3. The first-order valence-corrected chi connectivity index (χ1v) is 14.4. The third-order valence-electron chi connectivity index (χ3n) is 8.59. The third kappa shape index (κ3) is 10.1. The predicted octanol–water partition coefficient (Wildman–Crippen LogP) is -6.70. The van der Waals surface area contributed by atoms with Crippen LogP contribution in [0.5, 0.6) is 0 Å². The van der Waals surface area contributed by atoms with Gasteiger partial charge >= 0.3 is 88.7 Å². The number of carbonyl (C=O) groups is 3. The van der Waals surface area contributed by atoms with Gasteiger partial charge in [0.1, 0.15) is 0 Å². The number of aromatic nitrogens is 3. The number of aromatic amines is 2. The molecule has 1 radical (unpaired) electrons. The average molecular weight is 728 g/mol. The fraction of sp³-hybridized carbons (Fsp3) is 0.324. The van der Waals surface area contributed by atoms with E-state index in [0.717, 1.165) is 44.9 Å². The van der Waals surface area contributed by atoms with Gasteiger partial charge in [-0.2, -0.15) is 0 Å². The van der Waals surface area contributed by atoms with Crippen LogP contribution in [-0.4, -0.2) is 32.9 Å². The number of hydrogen-bond acceptors (Lipinski definition) is 8. The molecule has 3 aromatic heterocycles.